The van der Waals surface area contributed by atoms with Crippen LogP contribution in [-0.4, -0.2) is 45.2 Å². The third kappa shape index (κ3) is 4.35. The lowest BCUT2D eigenvalue weighted by molar-refractivity contribution is 0.0950. The number of carbonyl (C=O) groups is 1. The fourth-order valence-corrected chi connectivity index (χ4v) is 1.84. The van der Waals surface area contributed by atoms with Gasteiger partial charge in [0.05, 0.1) is 13.1 Å². The van der Waals surface area contributed by atoms with Gasteiger partial charge < -0.3 is 14.4 Å². The molecule has 0 atom stereocenters. The van der Waals surface area contributed by atoms with Gasteiger partial charge in [0.1, 0.15) is 0 Å². The summed E-state index contributed by atoms with van der Waals surface area (Å²) >= 11 is 0. The Hall–Kier alpha value is -2.29. The van der Waals surface area contributed by atoms with Crippen molar-refractivity contribution in [3.8, 4) is 0 Å². The summed E-state index contributed by atoms with van der Waals surface area (Å²) in [6, 6.07) is 0. The Morgan fingerprint density at radius 1 is 1.18 bits per heavy atom. The Morgan fingerprint density at radius 3 is 2.45 bits per heavy atom. The summed E-state index contributed by atoms with van der Waals surface area (Å²) in [5.41, 5.74) is 0. The minimum absolute atomic E-state index is 0.0166. The Labute approximate surface area is 128 Å². The predicted octanol–water partition coefficient (Wildman–Crippen LogP) is 0.643. The summed E-state index contributed by atoms with van der Waals surface area (Å²) in [4.78, 5) is 21.6. The van der Waals surface area contributed by atoms with E-state index in [4.69, 9.17) is 9.05 Å². The summed E-state index contributed by atoms with van der Waals surface area (Å²) in [6.07, 6.45) is 0.784. The summed E-state index contributed by atoms with van der Waals surface area (Å²) < 4.78 is 10.2. The molecule has 1 N–H and O–H groups in total. The second-order valence-corrected chi connectivity index (χ2v) is 5.47. The molecule has 2 aromatic heterocycles. The zero-order valence-electron chi connectivity index (χ0n) is 13.2. The number of aromatic nitrogens is 4. The summed E-state index contributed by atoms with van der Waals surface area (Å²) in [7, 11) is 3.37. The first-order chi connectivity index (χ1) is 10.5. The molecule has 0 unspecified atom stereocenters. The van der Waals surface area contributed by atoms with Crippen LogP contribution >= 0.6 is 0 Å². The quantitative estimate of drug-likeness (QED) is 0.793. The molecule has 0 spiro atoms. The highest BCUT2D eigenvalue weighted by Crippen LogP contribution is 2.08. The van der Waals surface area contributed by atoms with Crippen LogP contribution in [0.15, 0.2) is 9.05 Å². The SMILES string of the molecule is CNC(=O)c1noc(CN(C)Cc2nc(CC(C)C)no2)n1. The first kappa shape index (κ1) is 16.1. The molecule has 0 fully saturated rings. The molecule has 0 aliphatic heterocycles. The molecule has 1 amide bonds. The lowest BCUT2D eigenvalue weighted by atomic mass is 10.1. The van der Waals surface area contributed by atoms with Crippen molar-refractivity contribution < 1.29 is 13.8 Å². The van der Waals surface area contributed by atoms with Crippen molar-refractivity contribution in [3.63, 3.8) is 0 Å². The van der Waals surface area contributed by atoms with E-state index in [-0.39, 0.29) is 11.7 Å². The Morgan fingerprint density at radius 2 is 1.82 bits per heavy atom. The molecule has 0 aliphatic rings. The van der Waals surface area contributed by atoms with Gasteiger partial charge in [-0.1, -0.05) is 24.2 Å². The van der Waals surface area contributed by atoms with Gasteiger partial charge in [-0.3, -0.25) is 9.69 Å². The van der Waals surface area contributed by atoms with Crippen LogP contribution in [0.1, 0.15) is 42.1 Å². The molecule has 22 heavy (non-hydrogen) atoms. The van der Waals surface area contributed by atoms with Crippen LogP contribution < -0.4 is 5.32 Å². The Bertz CT molecular complexity index is 621. The van der Waals surface area contributed by atoms with Crippen molar-refractivity contribution in [1.29, 1.82) is 0 Å². The van der Waals surface area contributed by atoms with Gasteiger partial charge in [0, 0.05) is 13.5 Å². The number of nitrogens with zero attached hydrogens (tertiary/aromatic N) is 5. The van der Waals surface area contributed by atoms with E-state index in [9.17, 15) is 4.79 Å². The van der Waals surface area contributed by atoms with Crippen LogP contribution in [0.5, 0.6) is 0 Å². The van der Waals surface area contributed by atoms with E-state index in [1.807, 2.05) is 11.9 Å². The van der Waals surface area contributed by atoms with Gasteiger partial charge >= 0.3 is 0 Å². The minimum Gasteiger partial charge on any atom is -0.352 e. The van der Waals surface area contributed by atoms with Crippen LogP contribution in [0.2, 0.25) is 0 Å². The van der Waals surface area contributed by atoms with Gasteiger partial charge in [-0.05, 0) is 13.0 Å². The number of amides is 1. The average molecular weight is 308 g/mol. The molecular weight excluding hydrogens is 288 g/mol. The molecule has 2 rings (SSSR count). The van der Waals surface area contributed by atoms with Gasteiger partial charge in [0.15, 0.2) is 5.82 Å². The Kier molecular flexibility index (Phi) is 5.21. The van der Waals surface area contributed by atoms with Crippen LogP contribution in [0.25, 0.3) is 0 Å². The van der Waals surface area contributed by atoms with Crippen molar-refractivity contribution >= 4 is 5.91 Å². The van der Waals surface area contributed by atoms with Crippen LogP contribution in [0.3, 0.4) is 0 Å². The lowest BCUT2D eigenvalue weighted by Crippen LogP contribution is -2.20. The maximum Gasteiger partial charge on any atom is 0.292 e. The molecule has 0 saturated carbocycles. The molecule has 0 radical (unpaired) electrons. The zero-order valence-corrected chi connectivity index (χ0v) is 13.2. The van der Waals surface area contributed by atoms with Gasteiger partial charge in [-0.25, -0.2) is 0 Å². The summed E-state index contributed by atoms with van der Waals surface area (Å²) in [6.45, 7) is 5.04. The second-order valence-electron chi connectivity index (χ2n) is 5.47. The fourth-order valence-electron chi connectivity index (χ4n) is 1.84. The van der Waals surface area contributed by atoms with E-state index in [0.29, 0.717) is 36.6 Å². The standard InChI is InChI=1S/C13H20N6O3/c1-8(2)5-9-15-10(21-17-9)6-19(4)7-11-16-12(18-22-11)13(20)14-3/h8H,5-7H2,1-4H3,(H,14,20). The van der Waals surface area contributed by atoms with E-state index in [0.717, 1.165) is 6.42 Å². The molecule has 2 aromatic rings. The number of hydrogen-bond donors (Lipinski definition) is 1. The summed E-state index contributed by atoms with van der Waals surface area (Å²) in [5.74, 6) is 1.70. The topological polar surface area (TPSA) is 110 Å². The first-order valence-corrected chi connectivity index (χ1v) is 7.02. The molecule has 9 nitrogen and oxygen atoms in total. The van der Waals surface area contributed by atoms with Gasteiger partial charge in [-0.15, -0.1) is 0 Å². The average Bonchev–Trinajstić information content (AvgIpc) is 3.07. The zero-order chi connectivity index (χ0) is 16.1. The van der Waals surface area contributed by atoms with Gasteiger partial charge in [0.2, 0.25) is 11.8 Å². The highest BCUT2D eigenvalue weighted by atomic mass is 16.5. The van der Waals surface area contributed by atoms with E-state index in [1.165, 1.54) is 7.05 Å². The Balaban J connectivity index is 1.89. The first-order valence-electron chi connectivity index (χ1n) is 7.02. The lowest BCUT2D eigenvalue weighted by Gasteiger charge is -2.10. The van der Waals surface area contributed by atoms with Crippen molar-refractivity contribution in [2.45, 2.75) is 33.4 Å². The molecule has 0 bridgehead atoms. The molecule has 0 aliphatic carbocycles. The highest BCUT2D eigenvalue weighted by Gasteiger charge is 2.16. The van der Waals surface area contributed by atoms with Gasteiger partial charge in [0.25, 0.3) is 11.7 Å². The number of rotatable bonds is 7. The molecule has 0 saturated heterocycles. The number of nitrogens with one attached hydrogen (secondary N) is 1. The molecule has 120 valence electrons. The second kappa shape index (κ2) is 7.12. The molecule has 9 heteroatoms. The molecule has 0 aromatic carbocycles. The number of hydrogen-bond acceptors (Lipinski definition) is 8. The maximum absolute atomic E-state index is 11.4. The van der Waals surface area contributed by atoms with Crippen LogP contribution in [-0.2, 0) is 19.5 Å². The minimum atomic E-state index is -0.382. The van der Waals surface area contributed by atoms with E-state index < -0.39 is 0 Å². The van der Waals surface area contributed by atoms with Crippen LogP contribution in [0.4, 0.5) is 0 Å². The molecular formula is C13H20N6O3. The van der Waals surface area contributed by atoms with Crippen LogP contribution in [0, 0.1) is 5.92 Å². The normalized spacial score (nSPS) is 11.4. The molecule has 2 heterocycles. The monoisotopic (exact) mass is 308 g/mol. The van der Waals surface area contributed by atoms with E-state index in [2.05, 4.69) is 39.4 Å². The van der Waals surface area contributed by atoms with Gasteiger partial charge in [-0.2, -0.15) is 9.97 Å². The van der Waals surface area contributed by atoms with E-state index in [1.54, 1.807) is 0 Å². The third-order valence-electron chi connectivity index (χ3n) is 2.81. The van der Waals surface area contributed by atoms with Crippen molar-refractivity contribution in [1.82, 2.24) is 30.5 Å². The third-order valence-corrected chi connectivity index (χ3v) is 2.81. The smallest absolute Gasteiger partial charge is 0.292 e. The van der Waals surface area contributed by atoms with Crippen molar-refractivity contribution in [3.05, 3.63) is 23.4 Å². The van der Waals surface area contributed by atoms with Crippen molar-refractivity contribution in [2.24, 2.45) is 5.92 Å². The van der Waals surface area contributed by atoms with E-state index >= 15 is 0 Å². The number of carbonyl (C=O) groups excluding carboxylic acids is 1. The predicted molar refractivity (Wildman–Crippen MR) is 75.7 cm³/mol. The fraction of sp³-hybridized carbons (Fsp3) is 0.615. The highest BCUT2D eigenvalue weighted by molar-refractivity contribution is 5.89. The summed E-state index contributed by atoms with van der Waals surface area (Å²) in [5, 5.41) is 9.98. The largest absolute Gasteiger partial charge is 0.352 e. The van der Waals surface area contributed by atoms with Crippen molar-refractivity contribution in [2.75, 3.05) is 14.1 Å². The maximum atomic E-state index is 11.4.